The summed E-state index contributed by atoms with van der Waals surface area (Å²) in [4.78, 5) is 4.21. The lowest BCUT2D eigenvalue weighted by molar-refractivity contribution is 0.395. The Morgan fingerprint density at radius 1 is 1.06 bits per heavy atom. The van der Waals surface area contributed by atoms with Gasteiger partial charge in [0.25, 0.3) is 0 Å². The third kappa shape index (κ3) is 2.44. The van der Waals surface area contributed by atoms with Crippen molar-refractivity contribution in [2.45, 2.75) is 0 Å². The van der Waals surface area contributed by atoms with Crippen LogP contribution in [0.5, 0.6) is 5.88 Å². The van der Waals surface area contributed by atoms with Crippen molar-refractivity contribution in [3.05, 3.63) is 45.5 Å². The maximum atomic E-state index is 5.09. The van der Waals surface area contributed by atoms with Crippen LogP contribution in [0, 0.1) is 0 Å². The normalized spacial score (nSPS) is 10.2. The lowest BCUT2D eigenvalue weighted by atomic mass is 10.1. The maximum Gasteiger partial charge on any atom is 0.227 e. The van der Waals surface area contributed by atoms with E-state index in [1.165, 1.54) is 0 Å². The first kappa shape index (κ1) is 11.6. The van der Waals surface area contributed by atoms with E-state index in [0.29, 0.717) is 5.88 Å². The molecule has 0 N–H and O–H groups in total. The van der Waals surface area contributed by atoms with E-state index >= 15 is 0 Å². The summed E-state index contributed by atoms with van der Waals surface area (Å²) in [6.07, 6.45) is 1.80. The van der Waals surface area contributed by atoms with Crippen molar-refractivity contribution in [1.29, 1.82) is 0 Å². The number of methoxy groups -OCH3 is 1. The highest BCUT2D eigenvalue weighted by Crippen LogP contribution is 2.28. The second kappa shape index (κ2) is 4.97. The molecule has 1 heterocycles. The third-order valence-electron chi connectivity index (χ3n) is 2.18. The largest absolute Gasteiger partial charge is 0.480 e. The van der Waals surface area contributed by atoms with Crippen molar-refractivity contribution in [2.24, 2.45) is 0 Å². The van der Waals surface area contributed by atoms with Gasteiger partial charge in [0.05, 0.1) is 11.6 Å². The van der Waals surface area contributed by atoms with Crippen LogP contribution in [0.25, 0.3) is 11.1 Å². The predicted molar refractivity (Wildman–Crippen MR) is 71.6 cm³/mol. The fourth-order valence-electron chi connectivity index (χ4n) is 1.38. The van der Waals surface area contributed by atoms with Gasteiger partial charge in [-0.2, -0.15) is 0 Å². The zero-order chi connectivity index (χ0) is 11.5. The first-order valence-electron chi connectivity index (χ1n) is 4.66. The molecule has 16 heavy (non-hydrogen) atoms. The summed E-state index contributed by atoms with van der Waals surface area (Å²) in [6.45, 7) is 0. The first-order valence-corrected chi connectivity index (χ1v) is 6.25. The molecular weight excluding hydrogens is 334 g/mol. The van der Waals surface area contributed by atoms with Crippen molar-refractivity contribution in [3.8, 4) is 17.0 Å². The van der Waals surface area contributed by atoms with Gasteiger partial charge in [0.2, 0.25) is 5.88 Å². The number of hydrogen-bond acceptors (Lipinski definition) is 2. The van der Waals surface area contributed by atoms with Crippen LogP contribution in [0.3, 0.4) is 0 Å². The highest BCUT2D eigenvalue weighted by Gasteiger charge is 2.04. The maximum absolute atomic E-state index is 5.09. The molecular formula is C12H9Br2NO. The molecule has 0 saturated carbocycles. The number of nitrogens with zero attached hydrogens (tertiary/aromatic N) is 1. The molecule has 0 radical (unpaired) electrons. The van der Waals surface area contributed by atoms with Gasteiger partial charge in [-0.05, 0) is 39.7 Å². The number of pyridine rings is 1. The molecule has 4 heteroatoms. The van der Waals surface area contributed by atoms with Gasteiger partial charge in [0, 0.05) is 16.2 Å². The molecule has 0 aliphatic heterocycles. The third-order valence-corrected chi connectivity index (χ3v) is 3.28. The van der Waals surface area contributed by atoms with E-state index in [-0.39, 0.29) is 0 Å². The molecule has 2 rings (SSSR count). The number of aromatic nitrogens is 1. The van der Waals surface area contributed by atoms with Crippen molar-refractivity contribution in [1.82, 2.24) is 4.98 Å². The average molecular weight is 343 g/mol. The van der Waals surface area contributed by atoms with Gasteiger partial charge >= 0.3 is 0 Å². The number of ether oxygens (including phenoxy) is 1. The van der Waals surface area contributed by atoms with Crippen LogP contribution in [-0.4, -0.2) is 12.1 Å². The molecule has 0 saturated heterocycles. The summed E-state index contributed by atoms with van der Waals surface area (Å²) in [7, 11) is 1.60. The lowest BCUT2D eigenvalue weighted by Gasteiger charge is -2.05. The Morgan fingerprint density at radius 2 is 1.75 bits per heavy atom. The summed E-state index contributed by atoms with van der Waals surface area (Å²) in [6, 6.07) is 10.1. The molecule has 0 aliphatic carbocycles. The Morgan fingerprint density at radius 3 is 2.31 bits per heavy atom. The standard InChI is InChI=1S/C12H9Br2NO/c1-16-12-11(14)6-9(7-15-12)8-2-4-10(13)5-3-8/h2-7H,1H3. The van der Waals surface area contributed by atoms with E-state index in [1.807, 2.05) is 30.3 Å². The second-order valence-electron chi connectivity index (χ2n) is 3.22. The van der Waals surface area contributed by atoms with Crippen molar-refractivity contribution in [2.75, 3.05) is 7.11 Å². The summed E-state index contributed by atoms with van der Waals surface area (Å²) in [5.41, 5.74) is 2.18. The van der Waals surface area contributed by atoms with E-state index in [2.05, 4.69) is 36.8 Å². The second-order valence-corrected chi connectivity index (χ2v) is 4.99. The van der Waals surface area contributed by atoms with Gasteiger partial charge < -0.3 is 4.74 Å². The van der Waals surface area contributed by atoms with Gasteiger partial charge in [-0.1, -0.05) is 28.1 Å². The topological polar surface area (TPSA) is 22.1 Å². The number of benzene rings is 1. The Hall–Kier alpha value is -0.870. The van der Waals surface area contributed by atoms with Crippen LogP contribution in [0.1, 0.15) is 0 Å². The Labute approximate surface area is 111 Å². The minimum absolute atomic E-state index is 0.598. The average Bonchev–Trinajstić information content (AvgIpc) is 2.30. The summed E-state index contributed by atoms with van der Waals surface area (Å²) < 4.78 is 7.01. The van der Waals surface area contributed by atoms with E-state index in [9.17, 15) is 0 Å². The van der Waals surface area contributed by atoms with Gasteiger partial charge in [-0.3, -0.25) is 0 Å². The van der Waals surface area contributed by atoms with Crippen LogP contribution in [-0.2, 0) is 0 Å². The highest BCUT2D eigenvalue weighted by molar-refractivity contribution is 9.10. The fourth-order valence-corrected chi connectivity index (χ4v) is 2.15. The molecule has 0 unspecified atom stereocenters. The highest BCUT2D eigenvalue weighted by atomic mass is 79.9. The van der Waals surface area contributed by atoms with Gasteiger partial charge in [-0.15, -0.1) is 0 Å². The zero-order valence-corrected chi connectivity index (χ0v) is 11.7. The minimum atomic E-state index is 0.598. The molecule has 0 bridgehead atoms. The fraction of sp³-hybridized carbons (Fsp3) is 0.0833. The molecule has 1 aromatic heterocycles. The van der Waals surface area contributed by atoms with Crippen LogP contribution in [0.15, 0.2) is 45.5 Å². The molecule has 2 aromatic rings. The lowest BCUT2D eigenvalue weighted by Crippen LogP contribution is -1.89. The SMILES string of the molecule is COc1ncc(-c2ccc(Br)cc2)cc1Br. The van der Waals surface area contributed by atoms with Gasteiger partial charge in [-0.25, -0.2) is 4.98 Å². The first-order chi connectivity index (χ1) is 7.70. The molecule has 0 spiro atoms. The van der Waals surface area contributed by atoms with Crippen LogP contribution >= 0.6 is 31.9 Å². The monoisotopic (exact) mass is 341 g/mol. The van der Waals surface area contributed by atoms with E-state index in [4.69, 9.17) is 4.74 Å². The number of halogens is 2. The summed E-state index contributed by atoms with van der Waals surface area (Å²) in [5.74, 6) is 0.598. The van der Waals surface area contributed by atoms with Crippen molar-refractivity contribution >= 4 is 31.9 Å². The Kier molecular flexibility index (Phi) is 3.61. The Balaban J connectivity index is 2.41. The predicted octanol–water partition coefficient (Wildman–Crippen LogP) is 4.28. The molecule has 0 fully saturated rings. The molecule has 2 nitrogen and oxygen atoms in total. The number of rotatable bonds is 2. The van der Waals surface area contributed by atoms with E-state index in [1.54, 1.807) is 13.3 Å². The zero-order valence-electron chi connectivity index (χ0n) is 8.58. The van der Waals surface area contributed by atoms with Crippen LogP contribution < -0.4 is 4.74 Å². The van der Waals surface area contributed by atoms with Crippen LogP contribution in [0.4, 0.5) is 0 Å². The molecule has 0 amide bonds. The van der Waals surface area contributed by atoms with Crippen molar-refractivity contribution in [3.63, 3.8) is 0 Å². The van der Waals surface area contributed by atoms with Gasteiger partial charge in [0.1, 0.15) is 0 Å². The summed E-state index contributed by atoms with van der Waals surface area (Å²) in [5, 5.41) is 0. The number of hydrogen-bond donors (Lipinski definition) is 0. The van der Waals surface area contributed by atoms with E-state index < -0.39 is 0 Å². The molecule has 1 aromatic carbocycles. The molecule has 0 aliphatic rings. The summed E-state index contributed by atoms with van der Waals surface area (Å²) >= 11 is 6.83. The van der Waals surface area contributed by atoms with Crippen LogP contribution in [0.2, 0.25) is 0 Å². The van der Waals surface area contributed by atoms with Gasteiger partial charge in [0.15, 0.2) is 0 Å². The molecule has 82 valence electrons. The minimum Gasteiger partial charge on any atom is -0.480 e. The molecule has 0 atom stereocenters. The quantitative estimate of drug-likeness (QED) is 0.812. The van der Waals surface area contributed by atoms with Crippen molar-refractivity contribution < 1.29 is 4.74 Å². The van der Waals surface area contributed by atoms with E-state index in [0.717, 1.165) is 20.1 Å². The smallest absolute Gasteiger partial charge is 0.227 e. The Bertz CT molecular complexity index is 497.